The number of hydrogen-bond donors (Lipinski definition) is 0. The molecule has 3 rings (SSSR count). The summed E-state index contributed by atoms with van der Waals surface area (Å²) < 4.78 is 1.64. The first-order chi connectivity index (χ1) is 27.9. The van der Waals surface area contributed by atoms with Gasteiger partial charge in [0.1, 0.15) is 0 Å². The molecular weight excluding hydrogens is 783 g/mol. The summed E-state index contributed by atoms with van der Waals surface area (Å²) in [5.41, 5.74) is 27.8. The predicted molar refractivity (Wildman–Crippen MR) is 251 cm³/mol. The van der Waals surface area contributed by atoms with Crippen molar-refractivity contribution in [2.24, 2.45) is 0 Å². The maximum atomic E-state index is 12.5. The average Bonchev–Trinajstić information content (AvgIpc) is 3.54. The third kappa shape index (κ3) is 18.1. The van der Waals surface area contributed by atoms with E-state index >= 15 is 0 Å². The zero-order valence-corrected chi connectivity index (χ0v) is 40.7. The Hall–Kier alpha value is -1.82. The van der Waals surface area contributed by atoms with Crippen LogP contribution < -0.4 is 0 Å². The van der Waals surface area contributed by atoms with Crippen LogP contribution in [-0.2, 0) is 56.5 Å². The molecule has 1 aliphatic rings. The molecule has 0 unspecified atom stereocenters. The van der Waals surface area contributed by atoms with Gasteiger partial charge in [-0.15, -0.1) is 0 Å². The van der Waals surface area contributed by atoms with Crippen LogP contribution in [0.5, 0.6) is 0 Å². The molecule has 0 aromatic heterocycles. The summed E-state index contributed by atoms with van der Waals surface area (Å²) in [5.74, 6) is 0. The van der Waals surface area contributed by atoms with Crippen molar-refractivity contribution >= 4 is 11.4 Å². The fourth-order valence-electron chi connectivity index (χ4n) is 8.78. The van der Waals surface area contributed by atoms with Crippen LogP contribution in [0.4, 0.5) is 0 Å². The summed E-state index contributed by atoms with van der Waals surface area (Å²) in [5, 5.41) is 4.35. The summed E-state index contributed by atoms with van der Waals surface area (Å²) in [4.78, 5) is 0. The van der Waals surface area contributed by atoms with Crippen LogP contribution in [0.3, 0.4) is 0 Å². The fraction of sp³-hybridized carbons (Fsp3) is 0.704. The van der Waals surface area contributed by atoms with Gasteiger partial charge in [0, 0.05) is 22.8 Å². The third-order valence-corrected chi connectivity index (χ3v) is 12.1. The first-order valence-corrected chi connectivity index (χ1v) is 27.5. The van der Waals surface area contributed by atoms with Crippen LogP contribution in [0.15, 0.2) is 35.9 Å². The van der Waals surface area contributed by atoms with Gasteiger partial charge in [-0.25, -0.2) is 4.70 Å². The topological polar surface area (TPSA) is 25.3 Å². The second kappa shape index (κ2) is 32.0. The first kappa shape index (κ1) is 51.3. The molecule has 0 bridgehead atoms. The number of unbranched alkanes of at least 4 members (excludes halogenated alkanes) is 15. The van der Waals surface area contributed by atoms with E-state index < -0.39 is 0 Å². The van der Waals surface area contributed by atoms with Crippen molar-refractivity contribution in [3.05, 3.63) is 86.0 Å². The van der Waals surface area contributed by atoms with E-state index in [0.29, 0.717) is 0 Å². The van der Waals surface area contributed by atoms with Gasteiger partial charge in [0.15, 0.2) is 0 Å². The Bertz CT molecular complexity index is 1400. The zero-order valence-electron chi connectivity index (χ0n) is 39.1. The average molecular weight is 874 g/mol. The Morgan fingerprint density at radius 3 is 1.05 bits per heavy atom. The maximum absolute atomic E-state index is 12.5. The summed E-state index contributed by atoms with van der Waals surface area (Å²) in [7, 11) is 0. The molecule has 0 radical (unpaired) electrons. The molecule has 3 heteroatoms. The summed E-state index contributed by atoms with van der Waals surface area (Å²) in [6, 6.07) is 10.0. The van der Waals surface area contributed by atoms with Gasteiger partial charge in [-0.05, 0) is 148 Å². The van der Waals surface area contributed by atoms with Crippen molar-refractivity contribution < 1.29 is 22.7 Å². The van der Waals surface area contributed by atoms with Gasteiger partial charge < -0.3 is 5.53 Å². The number of hydrogen-bond acceptors (Lipinski definition) is 0. The standard InChI is InChI=1S/C52H84N2.2CH3.Pd/c1-8-15-22-29-34-46-41-51(47-37-42(30-23-16-9-2)49(35-27-20-13-6)43(38-47)31-24-17-10-3)54(53)52(46)48-39-44(32-25-18-11-4)50(36-28-21-14-7)45(40-48)33-26-19-12-5;;;/h37-41H,8-36H2,1-7H3;2*1H3;. The molecular formula is C54H90N2Pd. The fourth-order valence-corrected chi connectivity index (χ4v) is 8.78. The van der Waals surface area contributed by atoms with Crippen molar-refractivity contribution in [2.75, 3.05) is 0 Å². The van der Waals surface area contributed by atoms with Gasteiger partial charge in [-0.1, -0.05) is 145 Å². The molecule has 0 saturated carbocycles. The van der Waals surface area contributed by atoms with Crippen molar-refractivity contribution in [1.29, 1.82) is 0 Å². The number of rotatable bonds is 31. The van der Waals surface area contributed by atoms with E-state index in [1.54, 1.807) is 38.1 Å². The number of allylic oxidation sites excluding steroid dienone is 2. The van der Waals surface area contributed by atoms with Gasteiger partial charge in [0.2, 0.25) is 11.4 Å². The Morgan fingerprint density at radius 2 is 0.702 bits per heavy atom. The molecule has 0 spiro atoms. The molecule has 0 amide bonds. The van der Waals surface area contributed by atoms with Crippen LogP contribution in [0.25, 0.3) is 16.9 Å². The molecule has 0 aliphatic carbocycles. The second-order valence-corrected chi connectivity index (χ2v) is 18.7. The molecule has 2 aromatic carbocycles. The molecule has 0 fully saturated rings. The van der Waals surface area contributed by atoms with Crippen LogP contribution in [0, 0.1) is 0 Å². The first-order valence-electron chi connectivity index (χ1n) is 24.3. The molecule has 0 N–H and O–H groups in total. The van der Waals surface area contributed by atoms with E-state index in [1.807, 2.05) is 0 Å². The van der Waals surface area contributed by atoms with Gasteiger partial charge in [0.05, 0.1) is 0 Å². The molecule has 0 saturated heterocycles. The predicted octanol–water partition coefficient (Wildman–Crippen LogP) is 18.0. The number of aryl methyl sites for hydroxylation is 4. The Balaban J connectivity index is 0.00000362. The van der Waals surface area contributed by atoms with Crippen molar-refractivity contribution in [3.63, 3.8) is 0 Å². The minimum atomic E-state index is 0.950. The molecule has 1 aliphatic heterocycles. The van der Waals surface area contributed by atoms with Crippen LogP contribution in [0.2, 0.25) is 10.8 Å². The minimum absolute atomic E-state index is 0.950. The summed E-state index contributed by atoms with van der Waals surface area (Å²) >= 11 is 0.950. The van der Waals surface area contributed by atoms with Gasteiger partial charge >= 0.3 is 28.8 Å². The van der Waals surface area contributed by atoms with E-state index in [2.05, 4.69) is 89.6 Å². The van der Waals surface area contributed by atoms with E-state index in [-0.39, 0.29) is 0 Å². The summed E-state index contributed by atoms with van der Waals surface area (Å²) in [6.45, 7) is 16.2. The third-order valence-electron chi connectivity index (χ3n) is 12.1. The van der Waals surface area contributed by atoms with E-state index in [9.17, 15) is 5.53 Å². The van der Waals surface area contributed by atoms with Crippen molar-refractivity contribution in [1.82, 2.24) is 0 Å². The molecule has 0 atom stereocenters. The van der Waals surface area contributed by atoms with Gasteiger partial charge in [0.25, 0.3) is 0 Å². The van der Waals surface area contributed by atoms with Gasteiger partial charge in [-0.2, -0.15) is 0 Å². The van der Waals surface area contributed by atoms with Crippen LogP contribution in [-0.4, -0.2) is 4.70 Å². The van der Waals surface area contributed by atoms with Gasteiger partial charge in [-0.3, -0.25) is 0 Å². The number of benzene rings is 2. The Morgan fingerprint density at radius 1 is 0.404 bits per heavy atom. The van der Waals surface area contributed by atoms with E-state index in [0.717, 1.165) is 61.5 Å². The monoisotopic (exact) mass is 873 g/mol. The Labute approximate surface area is 363 Å². The zero-order chi connectivity index (χ0) is 41.7. The van der Waals surface area contributed by atoms with E-state index in [4.69, 9.17) is 0 Å². The van der Waals surface area contributed by atoms with Crippen molar-refractivity contribution in [2.45, 2.75) is 245 Å². The van der Waals surface area contributed by atoms with E-state index in [1.165, 1.54) is 171 Å². The quantitative estimate of drug-likeness (QED) is 0.0410. The Kier molecular flexibility index (Phi) is 28.8. The molecule has 326 valence electrons. The second-order valence-electron chi connectivity index (χ2n) is 17.1. The molecule has 57 heavy (non-hydrogen) atoms. The molecule has 2 nitrogen and oxygen atoms in total. The van der Waals surface area contributed by atoms with Crippen LogP contribution >= 0.6 is 0 Å². The van der Waals surface area contributed by atoms with Crippen LogP contribution in [0.1, 0.15) is 241 Å². The molecule has 1 heterocycles. The summed E-state index contributed by atoms with van der Waals surface area (Å²) in [6.07, 6.45) is 38.1. The molecule has 2 aromatic rings. The van der Waals surface area contributed by atoms with Crippen molar-refractivity contribution in [3.8, 4) is 0 Å². The normalized spacial score (nSPS) is 12.8. The number of nitrogens with zero attached hydrogens (tertiary/aromatic N) is 2. The SMILES string of the molecule is CCCCCCC1=C(c2cc(CCCCC)c(CCCCC)c(CCCCC)c2)[N+](=[N-])C(c2cc(CCCCC)c(CCCCC)c(CCCCC)c2)=C1.[CH3][Pd][CH3].